The molecule has 0 heterocycles. The molecule has 0 spiro atoms. The molecule has 4 aromatic rings. The topological polar surface area (TPSA) is 124 Å². The minimum atomic E-state index is -6.07. The van der Waals surface area contributed by atoms with Gasteiger partial charge in [0.1, 0.15) is 23.0 Å². The number of methoxy groups -OCH3 is 2. The van der Waals surface area contributed by atoms with E-state index in [1.807, 2.05) is 0 Å². The molecule has 18 heteroatoms. The molecule has 0 bridgehead atoms. The molecule has 44 heavy (non-hydrogen) atoms. The average Bonchev–Trinajstić information content (AvgIpc) is 2.93. The van der Waals surface area contributed by atoms with E-state index < -0.39 is 42.8 Å². The first-order valence-corrected chi connectivity index (χ1v) is 14.7. The maximum atomic E-state index is 13.1. The molecule has 0 aliphatic rings. The lowest BCUT2D eigenvalue weighted by Crippen LogP contribution is -2.28. The van der Waals surface area contributed by atoms with Gasteiger partial charge in [-0.3, -0.25) is 0 Å². The van der Waals surface area contributed by atoms with Crippen molar-refractivity contribution in [2.75, 3.05) is 27.8 Å². The molecule has 0 unspecified atom stereocenters. The lowest BCUT2D eigenvalue weighted by molar-refractivity contribution is -0.0504. The Morgan fingerprint density at radius 2 is 0.909 bits per heavy atom. The van der Waals surface area contributed by atoms with Gasteiger partial charge in [-0.05, 0) is 57.9 Å². The second kappa shape index (κ2) is 12.2. The fourth-order valence-electron chi connectivity index (χ4n) is 4.01. The maximum Gasteiger partial charge on any atom is 0.534 e. The van der Waals surface area contributed by atoms with Gasteiger partial charge >= 0.3 is 31.3 Å². The molecule has 0 aromatic heterocycles. The van der Waals surface area contributed by atoms with Crippen LogP contribution in [0.2, 0.25) is 0 Å². The van der Waals surface area contributed by atoms with E-state index in [0.29, 0.717) is 10.8 Å². The van der Waals surface area contributed by atoms with Crippen molar-refractivity contribution in [3.8, 4) is 34.1 Å². The Morgan fingerprint density at radius 3 is 1.23 bits per heavy atom. The van der Waals surface area contributed by atoms with Crippen molar-refractivity contribution >= 4 is 41.8 Å². The summed E-state index contributed by atoms with van der Waals surface area (Å²) in [5.41, 5.74) is -11.4. The van der Waals surface area contributed by atoms with Crippen LogP contribution < -0.4 is 17.8 Å². The predicted molar refractivity (Wildman–Crippen MR) is 143 cm³/mol. The van der Waals surface area contributed by atoms with Crippen LogP contribution in [0.1, 0.15) is 0 Å². The standard InChI is InChI=1S/C26H20F6O10S2/c1-37-13-39-21-9-5-15-3-7-17(41-43(33,34)25(27,28)29)11-19(15)23(21)24-20-12-18(42-44(35,36)26(30,31)32)8-4-16(20)6-10-22(24)40-14-38-2/h3-12H,13-14H2,1-2H3. The molecule has 10 nitrogen and oxygen atoms in total. The van der Waals surface area contributed by atoms with Gasteiger partial charge in [0.15, 0.2) is 13.6 Å². The monoisotopic (exact) mass is 670 g/mol. The Balaban J connectivity index is 2.07. The van der Waals surface area contributed by atoms with Crippen molar-refractivity contribution in [1.29, 1.82) is 0 Å². The van der Waals surface area contributed by atoms with Crippen molar-refractivity contribution in [3.63, 3.8) is 0 Å². The fourth-order valence-corrected chi connectivity index (χ4v) is 4.91. The second-order valence-corrected chi connectivity index (χ2v) is 11.8. The third-order valence-corrected chi connectivity index (χ3v) is 7.76. The Kier molecular flexibility index (Phi) is 9.11. The molecule has 238 valence electrons. The summed E-state index contributed by atoms with van der Waals surface area (Å²) in [4.78, 5) is 0. The smallest absolute Gasteiger partial charge is 0.467 e. The summed E-state index contributed by atoms with van der Waals surface area (Å²) in [5.74, 6) is -1.47. The Labute approximate surface area is 245 Å². The van der Waals surface area contributed by atoms with E-state index in [1.165, 1.54) is 50.6 Å². The summed E-state index contributed by atoms with van der Waals surface area (Å²) in [6.07, 6.45) is 0. The molecule has 0 amide bonds. The van der Waals surface area contributed by atoms with E-state index in [0.717, 1.165) is 24.3 Å². The SMILES string of the molecule is COCOc1ccc2ccc(OS(=O)(=O)C(F)(F)F)cc2c1-c1c(OCOC)ccc2ccc(OS(=O)(=O)C(F)(F)F)cc12. The molecule has 0 atom stereocenters. The van der Waals surface area contributed by atoms with Crippen LogP contribution in [-0.4, -0.2) is 55.7 Å². The first-order chi connectivity index (χ1) is 20.5. The van der Waals surface area contributed by atoms with Crippen LogP contribution >= 0.6 is 0 Å². The number of fused-ring (bicyclic) bond motifs is 2. The normalized spacial score (nSPS) is 12.8. The van der Waals surface area contributed by atoms with E-state index in [1.54, 1.807) is 0 Å². The zero-order chi connectivity index (χ0) is 32.5. The van der Waals surface area contributed by atoms with Crippen LogP contribution in [0.25, 0.3) is 32.7 Å². The number of hydrogen-bond acceptors (Lipinski definition) is 10. The maximum absolute atomic E-state index is 13.1. The highest BCUT2D eigenvalue weighted by Gasteiger charge is 2.49. The molecular weight excluding hydrogens is 650 g/mol. The van der Waals surface area contributed by atoms with Crippen molar-refractivity contribution in [2.45, 2.75) is 11.0 Å². The number of benzene rings is 4. The van der Waals surface area contributed by atoms with E-state index >= 15 is 0 Å². The largest absolute Gasteiger partial charge is 0.534 e. The van der Waals surface area contributed by atoms with Crippen molar-refractivity contribution < 1.29 is 70.5 Å². The molecule has 0 aliphatic heterocycles. The highest BCUT2D eigenvalue weighted by Crippen LogP contribution is 2.47. The minimum absolute atomic E-state index is 0.000759. The molecule has 4 rings (SSSR count). The van der Waals surface area contributed by atoms with Gasteiger partial charge in [-0.25, -0.2) is 0 Å². The van der Waals surface area contributed by atoms with Crippen LogP contribution in [-0.2, 0) is 29.7 Å². The van der Waals surface area contributed by atoms with Crippen molar-refractivity contribution in [3.05, 3.63) is 60.7 Å². The van der Waals surface area contributed by atoms with Crippen molar-refractivity contribution in [1.82, 2.24) is 0 Å². The van der Waals surface area contributed by atoms with Crippen LogP contribution in [0.4, 0.5) is 26.3 Å². The zero-order valence-corrected chi connectivity index (χ0v) is 24.0. The van der Waals surface area contributed by atoms with Crippen LogP contribution in [0, 0.1) is 0 Å². The molecule has 4 aromatic carbocycles. The highest BCUT2D eigenvalue weighted by molar-refractivity contribution is 7.88. The Hall–Kier alpha value is -4.00. The molecule has 0 fully saturated rings. The van der Waals surface area contributed by atoms with Gasteiger partial charge in [-0.1, -0.05) is 24.3 Å². The van der Waals surface area contributed by atoms with Gasteiger partial charge in [0.05, 0.1) is 0 Å². The van der Waals surface area contributed by atoms with Gasteiger partial charge in [0, 0.05) is 25.3 Å². The Bertz CT molecular complexity index is 1770. The second-order valence-electron chi connectivity index (χ2n) is 8.71. The summed E-state index contributed by atoms with van der Waals surface area (Å²) in [6.45, 7) is -0.706. The van der Waals surface area contributed by atoms with E-state index in [-0.39, 0.29) is 47.0 Å². The van der Waals surface area contributed by atoms with Gasteiger partial charge in [0.2, 0.25) is 0 Å². The lowest BCUT2D eigenvalue weighted by atomic mass is 9.92. The van der Waals surface area contributed by atoms with Crippen LogP contribution in [0.5, 0.6) is 23.0 Å². The number of rotatable bonds is 11. The zero-order valence-electron chi connectivity index (χ0n) is 22.4. The quantitative estimate of drug-likeness (QED) is 0.0803. The number of halogens is 6. The average molecular weight is 671 g/mol. The lowest BCUT2D eigenvalue weighted by Gasteiger charge is -2.20. The first-order valence-electron chi connectivity index (χ1n) is 11.9. The minimum Gasteiger partial charge on any atom is -0.467 e. The molecular formula is C26H20F6O10S2. The summed E-state index contributed by atoms with van der Waals surface area (Å²) < 4.78 is 155. The molecule has 0 aliphatic carbocycles. The summed E-state index contributed by atoms with van der Waals surface area (Å²) in [6, 6.07) is 12.3. The van der Waals surface area contributed by atoms with Gasteiger partial charge in [-0.2, -0.15) is 43.2 Å². The number of alkyl halides is 6. The third-order valence-electron chi connectivity index (χ3n) is 5.80. The molecule has 0 radical (unpaired) electrons. The summed E-state index contributed by atoms with van der Waals surface area (Å²) in [7, 11) is -9.55. The molecule has 0 saturated heterocycles. The summed E-state index contributed by atoms with van der Waals surface area (Å²) >= 11 is 0. The Morgan fingerprint density at radius 1 is 0.568 bits per heavy atom. The van der Waals surface area contributed by atoms with Gasteiger partial charge < -0.3 is 27.3 Å². The van der Waals surface area contributed by atoms with Crippen LogP contribution in [0.3, 0.4) is 0 Å². The number of ether oxygens (including phenoxy) is 4. The van der Waals surface area contributed by atoms with Gasteiger partial charge in [0.25, 0.3) is 0 Å². The first kappa shape index (κ1) is 32.9. The van der Waals surface area contributed by atoms with E-state index in [4.69, 9.17) is 18.9 Å². The van der Waals surface area contributed by atoms with E-state index in [2.05, 4.69) is 8.37 Å². The molecule has 0 N–H and O–H groups in total. The van der Waals surface area contributed by atoms with Crippen LogP contribution in [0.15, 0.2) is 60.7 Å². The fraction of sp³-hybridized carbons (Fsp3) is 0.231. The predicted octanol–water partition coefficient (Wildman–Crippen LogP) is 6.08. The van der Waals surface area contributed by atoms with E-state index in [9.17, 15) is 43.2 Å². The van der Waals surface area contributed by atoms with Gasteiger partial charge in [-0.15, -0.1) is 0 Å². The highest BCUT2D eigenvalue weighted by atomic mass is 32.2. The third kappa shape index (κ3) is 6.72. The van der Waals surface area contributed by atoms with Crippen molar-refractivity contribution in [2.24, 2.45) is 0 Å². The number of hydrogen-bond donors (Lipinski definition) is 0. The summed E-state index contributed by atoms with van der Waals surface area (Å²) in [5, 5.41) is 0.724. The molecule has 0 saturated carbocycles.